The van der Waals surface area contributed by atoms with Gasteiger partial charge in [0, 0.05) is 31.4 Å². The van der Waals surface area contributed by atoms with Crippen molar-refractivity contribution in [2.45, 2.75) is 32.7 Å². The molecular formula is C27H31Cl2N5O3. The van der Waals surface area contributed by atoms with Crippen molar-refractivity contribution >= 4 is 53.2 Å². The summed E-state index contributed by atoms with van der Waals surface area (Å²) >= 11 is 12.6. The van der Waals surface area contributed by atoms with E-state index in [4.69, 9.17) is 32.7 Å². The molecule has 1 N–H and O–H groups in total. The number of fused-ring (bicyclic) bond motifs is 1. The van der Waals surface area contributed by atoms with Crippen molar-refractivity contribution in [3.8, 4) is 0 Å². The lowest BCUT2D eigenvalue weighted by Crippen LogP contribution is -2.48. The largest absolute Gasteiger partial charge is 0.455 e. The zero-order valence-electron chi connectivity index (χ0n) is 21.5. The fraction of sp³-hybridized carbons (Fsp3) is 0.370. The number of aliphatic imine (C=N–C) groups is 2. The number of nitrogens with zero attached hydrogens (tertiary/aromatic N) is 4. The molecule has 0 radical (unpaired) electrons. The van der Waals surface area contributed by atoms with Crippen LogP contribution in [0.3, 0.4) is 0 Å². The van der Waals surface area contributed by atoms with Gasteiger partial charge in [-0.25, -0.2) is 4.99 Å². The van der Waals surface area contributed by atoms with Crippen molar-refractivity contribution in [3.05, 3.63) is 69.0 Å². The van der Waals surface area contributed by atoms with E-state index in [1.165, 1.54) is 16.0 Å². The molecule has 0 unspecified atom stereocenters. The number of para-hydroxylation sites is 1. The van der Waals surface area contributed by atoms with Crippen molar-refractivity contribution in [1.82, 2.24) is 4.90 Å². The first-order chi connectivity index (χ1) is 17.7. The molecule has 4 rings (SSSR count). The summed E-state index contributed by atoms with van der Waals surface area (Å²) in [5.41, 5.74) is 3.97. The van der Waals surface area contributed by atoms with Crippen molar-refractivity contribution in [2.24, 2.45) is 9.98 Å². The second-order valence-corrected chi connectivity index (χ2v) is 10.2. The van der Waals surface area contributed by atoms with Crippen LogP contribution in [0, 0.1) is 0 Å². The quantitative estimate of drug-likeness (QED) is 0.387. The molecule has 10 heteroatoms. The second-order valence-electron chi connectivity index (χ2n) is 9.39. The molecule has 37 heavy (non-hydrogen) atoms. The van der Waals surface area contributed by atoms with Crippen LogP contribution in [0.4, 0.5) is 11.4 Å². The number of benzene rings is 2. The number of carbonyl (C=O) groups is 1. The lowest BCUT2D eigenvalue weighted by atomic mass is 9.83. The first-order valence-corrected chi connectivity index (χ1v) is 12.7. The van der Waals surface area contributed by atoms with Crippen LogP contribution in [-0.4, -0.2) is 57.0 Å². The van der Waals surface area contributed by atoms with Gasteiger partial charge in [-0.05, 0) is 69.3 Å². The zero-order valence-corrected chi connectivity index (χ0v) is 23.0. The van der Waals surface area contributed by atoms with Crippen molar-refractivity contribution in [3.63, 3.8) is 0 Å². The molecule has 0 saturated carbocycles. The summed E-state index contributed by atoms with van der Waals surface area (Å²) in [5.74, 6) is 0.0766. The average Bonchev–Trinajstić information content (AvgIpc) is 2.86. The summed E-state index contributed by atoms with van der Waals surface area (Å²) in [6.07, 6.45) is 0.925. The Morgan fingerprint density at radius 2 is 1.97 bits per heavy atom. The van der Waals surface area contributed by atoms with Crippen LogP contribution in [-0.2, 0) is 26.2 Å². The van der Waals surface area contributed by atoms with Crippen molar-refractivity contribution in [1.29, 1.82) is 0 Å². The van der Waals surface area contributed by atoms with Crippen LogP contribution in [0.2, 0.25) is 10.0 Å². The van der Waals surface area contributed by atoms with E-state index in [2.05, 4.69) is 52.9 Å². The molecule has 2 aromatic carbocycles. The molecule has 0 bridgehead atoms. The standard InChI is InChI=1S/C27H31Cl2N5O3/c1-17-24(37-16-34(25(17)35)23-21(28)7-6-8-22(23)29)32-26(30-4)31-19-9-10-20-18(15-19)11-12-33(13-14-36-5)27(20,2)3/h6-10,15H,4,11-14,16H2,1-3,5H3,(H,31,32). The highest BCUT2D eigenvalue weighted by Crippen LogP contribution is 2.37. The molecule has 8 nitrogen and oxygen atoms in total. The van der Waals surface area contributed by atoms with E-state index in [1.54, 1.807) is 32.2 Å². The topological polar surface area (TPSA) is 78.8 Å². The first-order valence-electron chi connectivity index (χ1n) is 12.0. The number of guanidine groups is 1. The molecule has 2 aliphatic rings. The Balaban J connectivity index is 1.54. The maximum atomic E-state index is 13.1. The van der Waals surface area contributed by atoms with Gasteiger partial charge in [-0.2, -0.15) is 4.99 Å². The molecule has 2 aliphatic heterocycles. The van der Waals surface area contributed by atoms with E-state index in [1.807, 2.05) is 6.07 Å². The molecule has 1 amide bonds. The molecule has 0 saturated heterocycles. The smallest absolute Gasteiger partial charge is 0.262 e. The van der Waals surface area contributed by atoms with E-state index in [9.17, 15) is 4.79 Å². The van der Waals surface area contributed by atoms with Crippen molar-refractivity contribution in [2.75, 3.05) is 43.8 Å². The van der Waals surface area contributed by atoms with Gasteiger partial charge in [0.15, 0.2) is 6.73 Å². The SMILES string of the molecule is C=N/C(=N\C1=C(C)C(=O)N(c2c(Cl)cccc2Cl)CO1)Nc1ccc2c(c1)CCN(CCOC)C2(C)C. The Kier molecular flexibility index (Phi) is 8.23. The van der Waals surface area contributed by atoms with Crippen LogP contribution in [0.15, 0.2) is 57.8 Å². The Morgan fingerprint density at radius 3 is 2.65 bits per heavy atom. The van der Waals surface area contributed by atoms with Gasteiger partial charge in [-0.15, -0.1) is 0 Å². The fourth-order valence-electron chi connectivity index (χ4n) is 4.72. The minimum Gasteiger partial charge on any atom is -0.455 e. The number of rotatable bonds is 6. The van der Waals surface area contributed by atoms with Gasteiger partial charge < -0.3 is 14.8 Å². The second kappa shape index (κ2) is 11.2. The first kappa shape index (κ1) is 27.1. The minimum absolute atomic E-state index is 0.0869. The van der Waals surface area contributed by atoms with Gasteiger partial charge >= 0.3 is 0 Å². The molecule has 0 aromatic heterocycles. The van der Waals surface area contributed by atoms with E-state index in [0.717, 1.165) is 25.2 Å². The third-order valence-corrected chi connectivity index (χ3v) is 7.42. The molecule has 0 atom stereocenters. The number of anilines is 2. The van der Waals surface area contributed by atoms with E-state index in [-0.39, 0.29) is 30.0 Å². The zero-order chi connectivity index (χ0) is 26.7. The number of methoxy groups -OCH3 is 1. The fourth-order valence-corrected chi connectivity index (χ4v) is 5.32. The lowest BCUT2D eigenvalue weighted by molar-refractivity contribution is -0.117. The Bertz CT molecular complexity index is 1250. The average molecular weight is 544 g/mol. The summed E-state index contributed by atoms with van der Waals surface area (Å²) < 4.78 is 11.1. The number of halogens is 2. The minimum atomic E-state index is -0.308. The summed E-state index contributed by atoms with van der Waals surface area (Å²) in [5, 5.41) is 3.92. The molecule has 2 heterocycles. The van der Waals surface area contributed by atoms with Crippen LogP contribution in [0.1, 0.15) is 31.9 Å². The van der Waals surface area contributed by atoms with Gasteiger partial charge in [0.2, 0.25) is 11.8 Å². The van der Waals surface area contributed by atoms with Gasteiger partial charge in [0.05, 0.1) is 27.9 Å². The highest BCUT2D eigenvalue weighted by atomic mass is 35.5. The van der Waals surface area contributed by atoms with Crippen LogP contribution < -0.4 is 10.2 Å². The predicted octanol–water partition coefficient (Wildman–Crippen LogP) is 5.45. The monoisotopic (exact) mass is 543 g/mol. The number of ether oxygens (including phenoxy) is 2. The summed E-state index contributed by atoms with van der Waals surface area (Å²) in [6, 6.07) is 11.3. The third-order valence-electron chi connectivity index (χ3n) is 6.81. The molecule has 0 fully saturated rings. The molecule has 0 spiro atoms. The van der Waals surface area contributed by atoms with E-state index in [0.29, 0.717) is 27.9 Å². The number of hydrogen-bond acceptors (Lipinski definition) is 5. The van der Waals surface area contributed by atoms with Gasteiger partial charge in [0.1, 0.15) is 0 Å². The normalized spacial score (nSPS) is 17.9. The third kappa shape index (κ3) is 5.52. The Morgan fingerprint density at radius 1 is 1.24 bits per heavy atom. The maximum absolute atomic E-state index is 13.1. The number of hydrogen-bond donors (Lipinski definition) is 1. The highest BCUT2D eigenvalue weighted by Gasteiger charge is 2.34. The lowest BCUT2D eigenvalue weighted by Gasteiger charge is -2.44. The number of nitrogens with one attached hydrogen (secondary N) is 1. The molecular weight excluding hydrogens is 513 g/mol. The summed E-state index contributed by atoms with van der Waals surface area (Å²) in [4.78, 5) is 25.4. The number of carbonyl (C=O) groups excluding carboxylic acids is 1. The van der Waals surface area contributed by atoms with Crippen molar-refractivity contribution < 1.29 is 14.3 Å². The number of amides is 1. The highest BCUT2D eigenvalue weighted by molar-refractivity contribution is 6.40. The van der Waals surface area contributed by atoms with Gasteiger partial charge in [-0.1, -0.05) is 35.3 Å². The van der Waals surface area contributed by atoms with Crippen LogP contribution in [0.5, 0.6) is 0 Å². The Hall–Kier alpha value is -2.91. The van der Waals surface area contributed by atoms with E-state index >= 15 is 0 Å². The summed E-state index contributed by atoms with van der Waals surface area (Å²) in [7, 11) is 1.73. The van der Waals surface area contributed by atoms with Crippen LogP contribution >= 0.6 is 23.2 Å². The predicted molar refractivity (Wildman–Crippen MR) is 150 cm³/mol. The molecule has 196 valence electrons. The van der Waals surface area contributed by atoms with Crippen LogP contribution in [0.25, 0.3) is 0 Å². The summed E-state index contributed by atoms with van der Waals surface area (Å²) in [6.45, 7) is 12.2. The van der Waals surface area contributed by atoms with Gasteiger partial charge in [-0.3, -0.25) is 14.6 Å². The Labute approximate surface area is 227 Å². The van der Waals surface area contributed by atoms with Gasteiger partial charge in [0.25, 0.3) is 5.91 Å². The molecule has 2 aromatic rings. The van der Waals surface area contributed by atoms with E-state index < -0.39 is 0 Å². The maximum Gasteiger partial charge on any atom is 0.262 e. The molecule has 0 aliphatic carbocycles.